The van der Waals surface area contributed by atoms with Gasteiger partial charge in [-0.15, -0.1) is 0 Å². The number of hydrogen-bond acceptors (Lipinski definition) is 3. The molecule has 0 saturated carbocycles. The lowest BCUT2D eigenvalue weighted by molar-refractivity contribution is -0.122. The molecule has 3 amide bonds. The molecular weight excluding hydrogens is 378 g/mol. The van der Waals surface area contributed by atoms with Crippen LogP contribution in [-0.4, -0.2) is 23.8 Å². The van der Waals surface area contributed by atoms with Crippen LogP contribution in [-0.2, 0) is 9.59 Å². The van der Waals surface area contributed by atoms with Crippen molar-refractivity contribution in [3.8, 4) is 0 Å². The molecule has 0 spiro atoms. The molecule has 1 aliphatic rings. The lowest BCUT2D eigenvalue weighted by atomic mass is 10.0. The molecule has 0 aliphatic carbocycles. The van der Waals surface area contributed by atoms with Crippen LogP contribution in [0.15, 0.2) is 78.9 Å². The van der Waals surface area contributed by atoms with Crippen LogP contribution >= 0.6 is 0 Å². The first-order valence-corrected chi connectivity index (χ1v) is 9.68. The fraction of sp³-hybridized carbons (Fsp3) is 0.125. The number of carbonyl (C=O) groups is 3. The smallest absolute Gasteiger partial charge is 0.259 e. The van der Waals surface area contributed by atoms with Gasteiger partial charge in [0.15, 0.2) is 0 Å². The van der Waals surface area contributed by atoms with E-state index in [1.165, 1.54) is 4.90 Å². The van der Waals surface area contributed by atoms with Gasteiger partial charge >= 0.3 is 0 Å². The second kappa shape index (κ2) is 8.21. The Morgan fingerprint density at radius 2 is 1.60 bits per heavy atom. The number of nitrogens with one attached hydrogen (secondary N) is 2. The molecule has 3 aromatic rings. The largest absolute Gasteiger partial charge is 0.326 e. The summed E-state index contributed by atoms with van der Waals surface area (Å²) in [6, 6.07) is 22.3. The summed E-state index contributed by atoms with van der Waals surface area (Å²) in [7, 11) is 0. The summed E-state index contributed by atoms with van der Waals surface area (Å²) in [6.07, 6.45) is -0.160. The van der Waals surface area contributed by atoms with E-state index in [2.05, 4.69) is 10.6 Å². The summed E-state index contributed by atoms with van der Waals surface area (Å²) < 4.78 is 0. The van der Waals surface area contributed by atoms with Gasteiger partial charge in [-0.25, -0.2) is 0 Å². The van der Waals surface area contributed by atoms with E-state index in [0.717, 1.165) is 5.56 Å². The zero-order valence-corrected chi connectivity index (χ0v) is 16.5. The Hall–Kier alpha value is -3.93. The fourth-order valence-corrected chi connectivity index (χ4v) is 3.47. The van der Waals surface area contributed by atoms with E-state index in [1.807, 2.05) is 25.1 Å². The van der Waals surface area contributed by atoms with Crippen molar-refractivity contribution in [3.63, 3.8) is 0 Å². The van der Waals surface area contributed by atoms with E-state index < -0.39 is 11.9 Å². The van der Waals surface area contributed by atoms with Gasteiger partial charge in [0.05, 0.1) is 17.8 Å². The zero-order valence-electron chi connectivity index (χ0n) is 16.5. The molecule has 1 heterocycles. The van der Waals surface area contributed by atoms with Gasteiger partial charge in [-0.05, 0) is 43.3 Å². The molecule has 0 fully saturated rings. The van der Waals surface area contributed by atoms with Crippen LogP contribution in [0.2, 0.25) is 0 Å². The highest BCUT2D eigenvalue weighted by atomic mass is 16.2. The lowest BCUT2D eigenvalue weighted by Gasteiger charge is -2.36. The number of amides is 3. The van der Waals surface area contributed by atoms with Crippen molar-refractivity contribution in [3.05, 3.63) is 90.0 Å². The van der Waals surface area contributed by atoms with Crippen LogP contribution in [0.5, 0.6) is 0 Å². The molecule has 4 rings (SSSR count). The van der Waals surface area contributed by atoms with Crippen molar-refractivity contribution in [1.82, 2.24) is 0 Å². The molecule has 6 nitrogen and oxygen atoms in total. The van der Waals surface area contributed by atoms with Crippen LogP contribution in [0.25, 0.3) is 0 Å². The average molecular weight is 399 g/mol. The van der Waals surface area contributed by atoms with Gasteiger partial charge in [-0.1, -0.05) is 48.0 Å². The Balaban J connectivity index is 1.64. The summed E-state index contributed by atoms with van der Waals surface area (Å²) in [5, 5.41) is 5.61. The minimum atomic E-state index is -0.960. The van der Waals surface area contributed by atoms with E-state index in [-0.39, 0.29) is 18.2 Å². The van der Waals surface area contributed by atoms with Crippen LogP contribution in [0.1, 0.15) is 22.3 Å². The Kier molecular flexibility index (Phi) is 5.30. The number of nitrogens with zero attached hydrogens (tertiary/aromatic N) is 1. The summed E-state index contributed by atoms with van der Waals surface area (Å²) in [4.78, 5) is 40.3. The molecule has 6 heteroatoms. The highest BCUT2D eigenvalue weighted by Crippen LogP contribution is 2.34. The lowest BCUT2D eigenvalue weighted by Crippen LogP contribution is -2.52. The van der Waals surface area contributed by atoms with Gasteiger partial charge in [-0.2, -0.15) is 0 Å². The molecule has 0 radical (unpaired) electrons. The number of rotatable bonds is 4. The monoisotopic (exact) mass is 399 g/mol. The molecule has 3 aromatic carbocycles. The summed E-state index contributed by atoms with van der Waals surface area (Å²) in [5.74, 6) is -1.06. The molecule has 1 atom stereocenters. The third-order valence-electron chi connectivity index (χ3n) is 4.99. The van der Waals surface area contributed by atoms with Crippen molar-refractivity contribution in [2.24, 2.45) is 0 Å². The fourth-order valence-electron chi connectivity index (χ4n) is 3.47. The van der Waals surface area contributed by atoms with Crippen LogP contribution in [0.3, 0.4) is 0 Å². The van der Waals surface area contributed by atoms with Gasteiger partial charge < -0.3 is 10.6 Å². The van der Waals surface area contributed by atoms with E-state index in [4.69, 9.17) is 0 Å². The molecule has 0 saturated heterocycles. The van der Waals surface area contributed by atoms with Crippen molar-refractivity contribution >= 4 is 34.8 Å². The highest BCUT2D eigenvalue weighted by Gasteiger charge is 2.38. The SMILES string of the molecule is Cc1ccc(NC(=O)C[C@H]2C(=O)Nc3ccccc3N2C(=O)c2ccccc2)cc1. The average Bonchev–Trinajstić information content (AvgIpc) is 2.76. The van der Waals surface area contributed by atoms with Crippen LogP contribution in [0.4, 0.5) is 17.1 Å². The summed E-state index contributed by atoms with van der Waals surface area (Å²) in [6.45, 7) is 1.96. The van der Waals surface area contributed by atoms with Gasteiger partial charge in [0, 0.05) is 11.3 Å². The third kappa shape index (κ3) is 3.93. The Morgan fingerprint density at radius 3 is 2.33 bits per heavy atom. The first kappa shape index (κ1) is 19.4. The van der Waals surface area contributed by atoms with Crippen molar-refractivity contribution in [1.29, 1.82) is 0 Å². The van der Waals surface area contributed by atoms with E-state index >= 15 is 0 Å². The van der Waals surface area contributed by atoms with Crippen LogP contribution in [0, 0.1) is 6.92 Å². The van der Waals surface area contributed by atoms with E-state index in [1.54, 1.807) is 60.7 Å². The highest BCUT2D eigenvalue weighted by molar-refractivity contribution is 6.17. The van der Waals surface area contributed by atoms with Crippen molar-refractivity contribution in [2.45, 2.75) is 19.4 Å². The maximum Gasteiger partial charge on any atom is 0.259 e. The molecule has 30 heavy (non-hydrogen) atoms. The normalized spacial score (nSPS) is 15.2. The molecular formula is C24H21N3O3. The number of fused-ring (bicyclic) bond motifs is 1. The second-order valence-corrected chi connectivity index (χ2v) is 7.18. The Bertz CT molecular complexity index is 1090. The van der Waals surface area contributed by atoms with Gasteiger partial charge in [0.25, 0.3) is 5.91 Å². The third-order valence-corrected chi connectivity index (χ3v) is 4.99. The second-order valence-electron chi connectivity index (χ2n) is 7.18. The van der Waals surface area contributed by atoms with Crippen molar-refractivity contribution in [2.75, 3.05) is 15.5 Å². The number of anilines is 3. The van der Waals surface area contributed by atoms with E-state index in [0.29, 0.717) is 22.6 Å². The topological polar surface area (TPSA) is 78.5 Å². The minimum absolute atomic E-state index is 0.160. The quantitative estimate of drug-likeness (QED) is 0.696. The molecule has 150 valence electrons. The predicted molar refractivity (Wildman–Crippen MR) is 117 cm³/mol. The molecule has 1 aliphatic heterocycles. The predicted octanol–water partition coefficient (Wildman–Crippen LogP) is 3.99. The summed E-state index contributed by atoms with van der Waals surface area (Å²) >= 11 is 0. The number of para-hydroxylation sites is 2. The maximum atomic E-state index is 13.3. The number of hydrogen-bond donors (Lipinski definition) is 2. The molecule has 0 aromatic heterocycles. The van der Waals surface area contributed by atoms with Gasteiger partial charge in [0.2, 0.25) is 11.8 Å². The number of carbonyl (C=O) groups excluding carboxylic acids is 3. The molecule has 2 N–H and O–H groups in total. The zero-order chi connectivity index (χ0) is 21.1. The standard InChI is InChI=1S/C24H21N3O3/c1-16-11-13-18(14-12-16)25-22(28)15-21-23(29)26-19-9-5-6-10-20(19)27(21)24(30)17-7-3-2-4-8-17/h2-14,21H,15H2,1H3,(H,25,28)(H,26,29)/t21-/m0/s1. The number of benzene rings is 3. The van der Waals surface area contributed by atoms with Gasteiger partial charge in [-0.3, -0.25) is 19.3 Å². The minimum Gasteiger partial charge on any atom is -0.326 e. The summed E-state index contributed by atoms with van der Waals surface area (Å²) in [5.41, 5.74) is 3.28. The van der Waals surface area contributed by atoms with Crippen molar-refractivity contribution < 1.29 is 14.4 Å². The van der Waals surface area contributed by atoms with Gasteiger partial charge in [0.1, 0.15) is 6.04 Å². The Morgan fingerprint density at radius 1 is 0.933 bits per heavy atom. The Labute approximate surface area is 174 Å². The first-order chi connectivity index (χ1) is 14.5. The van der Waals surface area contributed by atoms with E-state index in [9.17, 15) is 14.4 Å². The number of aryl methyl sites for hydroxylation is 1. The van der Waals surface area contributed by atoms with Crippen LogP contribution < -0.4 is 15.5 Å². The molecule has 0 bridgehead atoms. The maximum absolute atomic E-state index is 13.3. The molecule has 0 unspecified atom stereocenters. The first-order valence-electron chi connectivity index (χ1n) is 9.68.